The van der Waals surface area contributed by atoms with Crippen molar-refractivity contribution in [3.8, 4) is 5.69 Å². The summed E-state index contributed by atoms with van der Waals surface area (Å²) in [5, 5.41) is 2.60. The van der Waals surface area contributed by atoms with Crippen LogP contribution in [0, 0.1) is 0 Å². The summed E-state index contributed by atoms with van der Waals surface area (Å²) >= 11 is 1.86. The van der Waals surface area contributed by atoms with E-state index < -0.39 is 0 Å². The third-order valence-electron chi connectivity index (χ3n) is 12.6. The van der Waals surface area contributed by atoms with E-state index in [9.17, 15) is 0 Å². The maximum atomic E-state index is 2.58. The second-order valence-electron chi connectivity index (χ2n) is 15.6. The first-order chi connectivity index (χ1) is 28.3. The summed E-state index contributed by atoms with van der Waals surface area (Å²) in [6.07, 6.45) is 2.17. The van der Waals surface area contributed by atoms with Gasteiger partial charge < -0.3 is 19.3 Å². The zero-order valence-electron chi connectivity index (χ0n) is 31.1. The highest BCUT2D eigenvalue weighted by Crippen LogP contribution is 2.53. The molecule has 0 spiro atoms. The van der Waals surface area contributed by atoms with E-state index in [1.807, 2.05) is 11.8 Å². The lowest BCUT2D eigenvalue weighted by molar-refractivity contribution is 0.767. The normalized spacial score (nSPS) is 14.6. The van der Waals surface area contributed by atoms with Crippen LogP contribution in [-0.2, 0) is 6.42 Å². The third kappa shape index (κ3) is 4.42. The number of anilines is 8. The van der Waals surface area contributed by atoms with Crippen LogP contribution >= 0.6 is 11.8 Å². The summed E-state index contributed by atoms with van der Waals surface area (Å²) in [6, 6.07) is 65.8. The molecule has 4 aliphatic heterocycles. The smallest absolute Gasteiger partial charge is 0.252 e. The molecule has 0 bridgehead atoms. The van der Waals surface area contributed by atoms with Crippen molar-refractivity contribution >= 4 is 102 Å². The molecule has 6 heteroatoms. The number of hydrogen-bond donors (Lipinski definition) is 0. The Kier molecular flexibility index (Phi) is 6.61. The minimum absolute atomic E-state index is 0.0425. The lowest BCUT2D eigenvalue weighted by Gasteiger charge is -2.43. The topological polar surface area (TPSA) is 14.7 Å². The molecule has 1 aromatic heterocycles. The summed E-state index contributed by atoms with van der Waals surface area (Å²) in [5.74, 6) is 0. The van der Waals surface area contributed by atoms with Gasteiger partial charge in [0.15, 0.2) is 0 Å². The van der Waals surface area contributed by atoms with E-state index in [0.717, 1.165) is 25.1 Å². The number of fused-ring (bicyclic) bond motifs is 10. The van der Waals surface area contributed by atoms with E-state index >= 15 is 0 Å². The first-order valence-corrected chi connectivity index (χ1v) is 20.8. The van der Waals surface area contributed by atoms with Crippen LogP contribution in [0.25, 0.3) is 27.5 Å². The van der Waals surface area contributed by atoms with Crippen molar-refractivity contribution in [2.45, 2.75) is 22.6 Å². The molecule has 8 aromatic carbocycles. The molecule has 0 amide bonds. The minimum atomic E-state index is 0.0425. The zero-order chi connectivity index (χ0) is 37.2. The van der Waals surface area contributed by atoms with Gasteiger partial charge in [-0.15, -0.1) is 0 Å². The molecule has 4 aliphatic rings. The molecule has 4 nitrogen and oxygen atoms in total. The van der Waals surface area contributed by atoms with Gasteiger partial charge >= 0.3 is 0 Å². The van der Waals surface area contributed by atoms with Gasteiger partial charge in [0.2, 0.25) is 0 Å². The van der Waals surface area contributed by atoms with Crippen molar-refractivity contribution in [2.75, 3.05) is 21.2 Å². The third-order valence-corrected chi connectivity index (χ3v) is 13.7. The van der Waals surface area contributed by atoms with E-state index in [1.165, 1.54) is 99.0 Å². The van der Waals surface area contributed by atoms with Gasteiger partial charge in [-0.3, -0.25) is 0 Å². The van der Waals surface area contributed by atoms with Gasteiger partial charge in [-0.2, -0.15) is 0 Å². The standard InChI is InChI=1S/C51H35BN4S/c1-3-16-34(17-4-1)53-28-14-15-33-29-45-40(32-44(33)53)52-39-22-13-21-38-37-20-7-8-23-41(37)56(51(38)39)47-31-36(30-46(50(47)52)54(45)35-18-5-2-6-19-35)55-42-24-9-11-26-48(42)57-49-27-12-10-25-43(49)55/h1-13,16-27,29-32H,14-15,28H2. The Morgan fingerprint density at radius 2 is 1.11 bits per heavy atom. The van der Waals surface area contributed by atoms with Crippen molar-refractivity contribution in [1.29, 1.82) is 0 Å². The van der Waals surface area contributed by atoms with Crippen LogP contribution in [0.3, 0.4) is 0 Å². The fourth-order valence-corrected chi connectivity index (χ4v) is 11.4. The number of nitrogens with zero attached hydrogens (tertiary/aromatic N) is 4. The predicted molar refractivity (Wildman–Crippen MR) is 241 cm³/mol. The second-order valence-corrected chi connectivity index (χ2v) is 16.7. The second kappa shape index (κ2) is 11.9. The molecule has 0 atom stereocenters. The Labute approximate surface area is 336 Å². The maximum absolute atomic E-state index is 2.58. The van der Waals surface area contributed by atoms with Gasteiger partial charge in [0.1, 0.15) is 0 Å². The Morgan fingerprint density at radius 1 is 0.456 bits per heavy atom. The molecule has 5 heterocycles. The highest BCUT2D eigenvalue weighted by atomic mass is 32.2. The maximum Gasteiger partial charge on any atom is 0.252 e. The molecule has 13 rings (SSSR count). The predicted octanol–water partition coefficient (Wildman–Crippen LogP) is 11.4. The van der Waals surface area contributed by atoms with E-state index in [4.69, 9.17) is 0 Å². The number of aromatic nitrogens is 1. The molecular formula is C51H35BN4S. The van der Waals surface area contributed by atoms with Gasteiger partial charge in [0.25, 0.3) is 6.71 Å². The van der Waals surface area contributed by atoms with Crippen LogP contribution in [0.2, 0.25) is 0 Å². The van der Waals surface area contributed by atoms with Gasteiger partial charge in [-0.1, -0.05) is 109 Å². The average Bonchev–Trinajstić information content (AvgIpc) is 3.61. The summed E-state index contributed by atoms with van der Waals surface area (Å²) in [6.45, 7) is 1.05. The van der Waals surface area contributed by atoms with E-state index in [1.54, 1.807) is 0 Å². The molecule has 9 aromatic rings. The SMILES string of the molecule is c1ccc(N2CCCc3cc4c(cc32)B2c3c(cc(N5c6ccccc6Sc6ccccc65)cc3-n3c5ccccc5c5cccc2c53)N4c2ccccc2)cc1. The Balaban J connectivity index is 1.17. The van der Waals surface area contributed by atoms with E-state index in [-0.39, 0.29) is 6.71 Å². The fourth-order valence-electron chi connectivity index (χ4n) is 10.3. The molecular weight excluding hydrogens is 711 g/mol. The van der Waals surface area contributed by atoms with Crippen LogP contribution < -0.4 is 31.1 Å². The Hall–Kier alpha value is -6.63. The number of hydrogen-bond acceptors (Lipinski definition) is 4. The van der Waals surface area contributed by atoms with Crippen LogP contribution in [0.5, 0.6) is 0 Å². The van der Waals surface area contributed by atoms with E-state index in [0.29, 0.717) is 0 Å². The Bertz CT molecular complexity index is 3080. The largest absolute Gasteiger partial charge is 0.341 e. The lowest BCUT2D eigenvalue weighted by atomic mass is 9.33. The lowest BCUT2D eigenvalue weighted by Crippen LogP contribution is -2.60. The average molecular weight is 747 g/mol. The minimum Gasteiger partial charge on any atom is -0.341 e. The number of benzene rings is 8. The van der Waals surface area contributed by atoms with Crippen LogP contribution in [0.15, 0.2) is 186 Å². The van der Waals surface area contributed by atoms with Crippen molar-refractivity contribution in [2.24, 2.45) is 0 Å². The van der Waals surface area contributed by atoms with Gasteiger partial charge in [-0.05, 0) is 114 Å². The molecule has 57 heavy (non-hydrogen) atoms. The van der Waals surface area contributed by atoms with Crippen LogP contribution in [-0.4, -0.2) is 17.8 Å². The molecule has 268 valence electrons. The van der Waals surface area contributed by atoms with Crippen molar-refractivity contribution in [3.63, 3.8) is 0 Å². The van der Waals surface area contributed by atoms with Crippen LogP contribution in [0.4, 0.5) is 45.5 Å². The van der Waals surface area contributed by atoms with E-state index in [2.05, 4.69) is 195 Å². The summed E-state index contributed by atoms with van der Waals surface area (Å²) in [4.78, 5) is 10.1. The van der Waals surface area contributed by atoms with Crippen molar-refractivity contribution in [3.05, 3.63) is 181 Å². The number of para-hydroxylation sites is 6. The molecule has 0 aliphatic carbocycles. The Morgan fingerprint density at radius 3 is 1.89 bits per heavy atom. The quantitative estimate of drug-likeness (QED) is 0.167. The number of aryl methyl sites for hydroxylation is 1. The molecule has 0 fully saturated rings. The van der Waals surface area contributed by atoms with Crippen molar-refractivity contribution < 1.29 is 0 Å². The summed E-state index contributed by atoms with van der Waals surface area (Å²) in [7, 11) is 0. The molecule has 0 saturated heterocycles. The van der Waals surface area contributed by atoms with Crippen molar-refractivity contribution in [1.82, 2.24) is 4.57 Å². The summed E-state index contributed by atoms with van der Waals surface area (Å²) < 4.78 is 2.58. The number of rotatable bonds is 3. The van der Waals surface area contributed by atoms with Gasteiger partial charge in [0.05, 0.1) is 22.6 Å². The molecule has 0 unspecified atom stereocenters. The first kappa shape index (κ1) is 31.6. The first-order valence-electron chi connectivity index (χ1n) is 20.0. The molecule has 0 saturated carbocycles. The molecule has 0 N–H and O–H groups in total. The highest BCUT2D eigenvalue weighted by Gasteiger charge is 2.44. The zero-order valence-corrected chi connectivity index (χ0v) is 32.0. The fraction of sp³-hybridized carbons (Fsp3) is 0.0588. The molecule has 0 radical (unpaired) electrons. The van der Waals surface area contributed by atoms with Crippen LogP contribution in [0.1, 0.15) is 12.0 Å². The van der Waals surface area contributed by atoms with Gasteiger partial charge in [-0.25, -0.2) is 0 Å². The monoisotopic (exact) mass is 746 g/mol. The van der Waals surface area contributed by atoms with Gasteiger partial charge in [0, 0.05) is 66.7 Å². The summed E-state index contributed by atoms with van der Waals surface area (Å²) in [5.41, 5.74) is 19.1. The highest BCUT2D eigenvalue weighted by molar-refractivity contribution is 7.99.